The van der Waals surface area contributed by atoms with Crippen LogP contribution in [0.4, 0.5) is 17.1 Å². The van der Waals surface area contributed by atoms with Gasteiger partial charge in [0.25, 0.3) is 10.0 Å². The van der Waals surface area contributed by atoms with Crippen molar-refractivity contribution in [2.24, 2.45) is 0 Å². The molecule has 6 nitrogen and oxygen atoms in total. The number of para-hydroxylation sites is 1. The molecular formula is C20H19N3O3S2. The number of ether oxygens (including phenoxy) is 1. The number of anilines is 3. The Morgan fingerprint density at radius 1 is 0.821 bits per heavy atom. The van der Waals surface area contributed by atoms with E-state index in [9.17, 15) is 8.42 Å². The van der Waals surface area contributed by atoms with Gasteiger partial charge in [-0.2, -0.15) is 0 Å². The predicted octanol–water partition coefficient (Wildman–Crippen LogP) is 4.30. The molecule has 0 aromatic heterocycles. The van der Waals surface area contributed by atoms with Crippen LogP contribution in [0.5, 0.6) is 5.75 Å². The predicted molar refractivity (Wildman–Crippen MR) is 117 cm³/mol. The van der Waals surface area contributed by atoms with Crippen LogP contribution in [0.15, 0.2) is 83.8 Å². The molecule has 3 aromatic rings. The number of sulfonamides is 1. The molecule has 0 spiro atoms. The third-order valence-corrected chi connectivity index (χ3v) is 5.38. The molecule has 144 valence electrons. The minimum Gasteiger partial charge on any atom is -0.497 e. The first-order chi connectivity index (χ1) is 13.5. The van der Waals surface area contributed by atoms with Crippen molar-refractivity contribution >= 4 is 44.4 Å². The molecule has 0 radical (unpaired) electrons. The van der Waals surface area contributed by atoms with Crippen LogP contribution in [0, 0.1) is 0 Å². The summed E-state index contributed by atoms with van der Waals surface area (Å²) in [7, 11) is -2.19. The molecular weight excluding hydrogens is 394 g/mol. The summed E-state index contributed by atoms with van der Waals surface area (Å²) in [6.45, 7) is 0. The van der Waals surface area contributed by atoms with E-state index in [0.29, 0.717) is 22.2 Å². The fraction of sp³-hybridized carbons (Fsp3) is 0.0500. The molecule has 28 heavy (non-hydrogen) atoms. The fourth-order valence-electron chi connectivity index (χ4n) is 2.43. The van der Waals surface area contributed by atoms with Crippen LogP contribution in [0.1, 0.15) is 0 Å². The van der Waals surface area contributed by atoms with Crippen molar-refractivity contribution < 1.29 is 13.2 Å². The molecule has 0 heterocycles. The highest BCUT2D eigenvalue weighted by molar-refractivity contribution is 7.92. The largest absolute Gasteiger partial charge is 0.497 e. The van der Waals surface area contributed by atoms with E-state index in [2.05, 4.69) is 15.4 Å². The molecule has 0 unspecified atom stereocenters. The topological polar surface area (TPSA) is 79.5 Å². The van der Waals surface area contributed by atoms with Gasteiger partial charge in [0, 0.05) is 17.4 Å². The zero-order valence-corrected chi connectivity index (χ0v) is 16.7. The summed E-state index contributed by atoms with van der Waals surface area (Å²) in [5.41, 5.74) is 1.96. The van der Waals surface area contributed by atoms with Crippen molar-refractivity contribution in [3.63, 3.8) is 0 Å². The van der Waals surface area contributed by atoms with Gasteiger partial charge in [-0.1, -0.05) is 24.3 Å². The van der Waals surface area contributed by atoms with Crippen molar-refractivity contribution in [1.29, 1.82) is 0 Å². The van der Waals surface area contributed by atoms with Crippen LogP contribution < -0.4 is 20.1 Å². The third kappa shape index (κ3) is 5.21. The van der Waals surface area contributed by atoms with Crippen molar-refractivity contribution in [2.75, 3.05) is 22.5 Å². The standard InChI is InChI=1S/C20H19N3O3S2/c1-26-18-9-5-8-17(14-18)23-28(24,25)19-12-10-16(11-13-19)22-20(27)21-15-6-3-2-4-7-15/h2-14,23H,1H3,(H2,21,22,27). The first kappa shape index (κ1) is 19.7. The Bertz CT molecular complexity index is 1050. The fourth-order valence-corrected chi connectivity index (χ4v) is 3.72. The zero-order chi connectivity index (χ0) is 20.0. The van der Waals surface area contributed by atoms with Crippen LogP contribution in [0.3, 0.4) is 0 Å². The van der Waals surface area contributed by atoms with Crippen LogP contribution in [-0.2, 0) is 10.0 Å². The smallest absolute Gasteiger partial charge is 0.261 e. The number of methoxy groups -OCH3 is 1. The lowest BCUT2D eigenvalue weighted by Crippen LogP contribution is -2.19. The number of benzene rings is 3. The SMILES string of the molecule is COc1cccc(NS(=O)(=O)c2ccc(NC(=S)Nc3ccccc3)cc2)c1. The van der Waals surface area contributed by atoms with Crippen molar-refractivity contribution in [3.05, 3.63) is 78.9 Å². The van der Waals surface area contributed by atoms with Gasteiger partial charge < -0.3 is 15.4 Å². The molecule has 0 saturated carbocycles. The summed E-state index contributed by atoms with van der Waals surface area (Å²) in [5, 5.41) is 6.49. The van der Waals surface area contributed by atoms with Crippen LogP contribution in [-0.4, -0.2) is 20.6 Å². The third-order valence-electron chi connectivity index (χ3n) is 3.78. The quantitative estimate of drug-likeness (QED) is 0.523. The van der Waals surface area contributed by atoms with Gasteiger partial charge in [-0.3, -0.25) is 4.72 Å². The number of hydrogen-bond acceptors (Lipinski definition) is 4. The second kappa shape index (κ2) is 8.73. The maximum Gasteiger partial charge on any atom is 0.261 e. The maximum absolute atomic E-state index is 12.6. The summed E-state index contributed by atoms with van der Waals surface area (Å²) in [6.07, 6.45) is 0. The van der Waals surface area contributed by atoms with Gasteiger partial charge in [-0.25, -0.2) is 8.42 Å². The molecule has 0 aliphatic rings. The number of thiocarbonyl (C=S) groups is 1. The Balaban J connectivity index is 1.66. The Kier molecular flexibility index (Phi) is 6.13. The van der Waals surface area contributed by atoms with Gasteiger partial charge in [0.2, 0.25) is 0 Å². The van der Waals surface area contributed by atoms with Gasteiger partial charge in [-0.05, 0) is 60.7 Å². The van der Waals surface area contributed by atoms with E-state index in [0.717, 1.165) is 5.69 Å². The zero-order valence-electron chi connectivity index (χ0n) is 15.0. The Morgan fingerprint density at radius 2 is 1.43 bits per heavy atom. The van der Waals surface area contributed by atoms with Gasteiger partial charge in [0.15, 0.2) is 5.11 Å². The highest BCUT2D eigenvalue weighted by Gasteiger charge is 2.14. The van der Waals surface area contributed by atoms with E-state index in [1.54, 1.807) is 36.4 Å². The average Bonchev–Trinajstić information content (AvgIpc) is 2.69. The summed E-state index contributed by atoms with van der Waals surface area (Å²) >= 11 is 5.27. The van der Waals surface area contributed by atoms with Gasteiger partial charge >= 0.3 is 0 Å². The molecule has 3 rings (SSSR count). The molecule has 8 heteroatoms. The second-order valence-electron chi connectivity index (χ2n) is 5.81. The average molecular weight is 414 g/mol. The lowest BCUT2D eigenvalue weighted by Gasteiger charge is -2.12. The number of hydrogen-bond donors (Lipinski definition) is 3. The molecule has 0 aliphatic carbocycles. The minimum atomic E-state index is -3.71. The van der Waals surface area contributed by atoms with Crippen LogP contribution >= 0.6 is 12.2 Å². The highest BCUT2D eigenvalue weighted by Crippen LogP contribution is 2.21. The lowest BCUT2D eigenvalue weighted by molar-refractivity contribution is 0.415. The second-order valence-corrected chi connectivity index (χ2v) is 7.90. The number of nitrogens with one attached hydrogen (secondary N) is 3. The van der Waals surface area contributed by atoms with E-state index < -0.39 is 10.0 Å². The molecule has 3 aromatic carbocycles. The van der Waals surface area contributed by atoms with Crippen molar-refractivity contribution in [1.82, 2.24) is 0 Å². The van der Waals surface area contributed by atoms with E-state index >= 15 is 0 Å². The van der Waals surface area contributed by atoms with Gasteiger partial charge in [0.05, 0.1) is 17.7 Å². The first-order valence-electron chi connectivity index (χ1n) is 8.36. The van der Waals surface area contributed by atoms with Crippen molar-refractivity contribution in [3.8, 4) is 5.75 Å². The summed E-state index contributed by atoms with van der Waals surface area (Å²) < 4.78 is 32.8. The molecule has 0 saturated heterocycles. The lowest BCUT2D eigenvalue weighted by atomic mass is 10.3. The van der Waals surface area contributed by atoms with Crippen LogP contribution in [0.25, 0.3) is 0 Å². The van der Waals surface area contributed by atoms with Gasteiger partial charge in [-0.15, -0.1) is 0 Å². The Morgan fingerprint density at radius 3 is 2.07 bits per heavy atom. The molecule has 0 amide bonds. The summed E-state index contributed by atoms with van der Waals surface area (Å²) in [4.78, 5) is 0.141. The van der Waals surface area contributed by atoms with E-state index in [1.807, 2.05) is 30.3 Å². The summed E-state index contributed by atoms with van der Waals surface area (Å²) in [5.74, 6) is 0.569. The van der Waals surface area contributed by atoms with E-state index in [1.165, 1.54) is 19.2 Å². The van der Waals surface area contributed by atoms with Crippen molar-refractivity contribution in [2.45, 2.75) is 4.90 Å². The maximum atomic E-state index is 12.6. The minimum absolute atomic E-state index is 0.141. The first-order valence-corrected chi connectivity index (χ1v) is 10.3. The molecule has 3 N–H and O–H groups in total. The van der Waals surface area contributed by atoms with Crippen LogP contribution in [0.2, 0.25) is 0 Å². The highest BCUT2D eigenvalue weighted by atomic mass is 32.2. The van der Waals surface area contributed by atoms with Gasteiger partial charge in [0.1, 0.15) is 5.75 Å². The number of rotatable bonds is 6. The summed E-state index contributed by atoms with van der Waals surface area (Å²) in [6, 6.07) is 22.6. The molecule has 0 bridgehead atoms. The normalized spacial score (nSPS) is 10.8. The van der Waals surface area contributed by atoms with E-state index in [4.69, 9.17) is 17.0 Å². The Hall–Kier alpha value is -3.10. The molecule has 0 atom stereocenters. The molecule has 0 fully saturated rings. The molecule has 0 aliphatic heterocycles. The Labute approximate surface area is 169 Å². The monoisotopic (exact) mass is 413 g/mol. The van der Waals surface area contributed by atoms with E-state index in [-0.39, 0.29) is 4.90 Å².